The number of aryl methyl sites for hydroxylation is 1. The summed E-state index contributed by atoms with van der Waals surface area (Å²) in [6.07, 6.45) is 4.79. The van der Waals surface area contributed by atoms with Crippen molar-refractivity contribution in [2.45, 2.75) is 45.1 Å². The molecule has 0 spiro atoms. The van der Waals surface area contributed by atoms with Crippen molar-refractivity contribution in [2.75, 3.05) is 11.4 Å². The molecule has 0 saturated carbocycles. The van der Waals surface area contributed by atoms with Crippen molar-refractivity contribution in [2.24, 2.45) is 7.05 Å². The highest BCUT2D eigenvalue weighted by molar-refractivity contribution is 5.96. The third-order valence-corrected chi connectivity index (χ3v) is 3.92. The van der Waals surface area contributed by atoms with Gasteiger partial charge < -0.3 is 9.32 Å². The first-order valence-electron chi connectivity index (χ1n) is 7.67. The Bertz CT molecular complexity index is 780. The fourth-order valence-electron chi connectivity index (χ4n) is 2.68. The smallest absolute Gasteiger partial charge is 0.392 e. The number of hydrogen-bond acceptors (Lipinski definition) is 5. The summed E-state index contributed by atoms with van der Waals surface area (Å²) in [5.41, 5.74) is 0.348. The van der Waals surface area contributed by atoms with Crippen LogP contribution in [0.15, 0.2) is 21.6 Å². The normalized spacial score (nSPS) is 19.4. The van der Waals surface area contributed by atoms with Crippen molar-refractivity contribution < 1.29 is 9.21 Å². The Balaban J connectivity index is 1.93. The van der Waals surface area contributed by atoms with Gasteiger partial charge in [-0.1, -0.05) is 20.8 Å². The molecule has 8 nitrogen and oxygen atoms in total. The van der Waals surface area contributed by atoms with E-state index in [0.29, 0.717) is 18.9 Å². The second-order valence-electron chi connectivity index (χ2n) is 6.89. The Morgan fingerprint density at radius 3 is 2.61 bits per heavy atom. The van der Waals surface area contributed by atoms with Crippen LogP contribution in [0.4, 0.5) is 5.69 Å². The van der Waals surface area contributed by atoms with Crippen molar-refractivity contribution in [3.05, 3.63) is 28.8 Å². The molecule has 2 aromatic rings. The van der Waals surface area contributed by atoms with E-state index in [9.17, 15) is 9.59 Å². The van der Waals surface area contributed by atoms with Crippen LogP contribution in [-0.4, -0.2) is 32.0 Å². The molecule has 3 rings (SSSR count). The third kappa shape index (κ3) is 2.80. The lowest BCUT2D eigenvalue weighted by Gasteiger charge is -2.30. The third-order valence-electron chi connectivity index (χ3n) is 3.92. The average Bonchev–Trinajstić information content (AvgIpc) is 3.05. The Kier molecular flexibility index (Phi) is 3.62. The van der Waals surface area contributed by atoms with E-state index >= 15 is 0 Å². The lowest BCUT2D eigenvalue weighted by molar-refractivity contribution is -0.123. The van der Waals surface area contributed by atoms with E-state index < -0.39 is 11.8 Å². The molecule has 1 aliphatic heterocycles. The van der Waals surface area contributed by atoms with Crippen molar-refractivity contribution in [1.82, 2.24) is 19.6 Å². The zero-order chi connectivity index (χ0) is 16.8. The molecular weight excluding hydrogens is 298 g/mol. The minimum Gasteiger partial charge on any atom is -0.392 e. The number of rotatable bonds is 2. The van der Waals surface area contributed by atoms with E-state index in [4.69, 9.17) is 4.42 Å². The van der Waals surface area contributed by atoms with Crippen LogP contribution in [0.25, 0.3) is 0 Å². The first-order valence-corrected chi connectivity index (χ1v) is 7.67. The highest BCUT2D eigenvalue weighted by Crippen LogP contribution is 2.27. The lowest BCUT2D eigenvalue weighted by atomic mass is 9.97. The van der Waals surface area contributed by atoms with Gasteiger partial charge in [0.2, 0.25) is 5.89 Å². The Morgan fingerprint density at radius 1 is 1.30 bits per heavy atom. The van der Waals surface area contributed by atoms with Gasteiger partial charge in [0.15, 0.2) is 0 Å². The van der Waals surface area contributed by atoms with Crippen molar-refractivity contribution in [3.63, 3.8) is 0 Å². The molecule has 3 heterocycles. The van der Waals surface area contributed by atoms with Gasteiger partial charge in [-0.15, -0.1) is 5.10 Å². The first-order chi connectivity index (χ1) is 10.8. The highest BCUT2D eigenvalue weighted by Gasteiger charge is 2.35. The van der Waals surface area contributed by atoms with Gasteiger partial charge in [-0.05, 0) is 12.8 Å². The minimum absolute atomic E-state index is 0.153. The Morgan fingerprint density at radius 2 is 2.04 bits per heavy atom. The molecule has 0 bridgehead atoms. The summed E-state index contributed by atoms with van der Waals surface area (Å²) in [7, 11) is 1.80. The summed E-state index contributed by atoms with van der Waals surface area (Å²) < 4.78 is 8.07. The lowest BCUT2D eigenvalue weighted by Crippen LogP contribution is -2.44. The van der Waals surface area contributed by atoms with Crippen LogP contribution in [0.2, 0.25) is 0 Å². The maximum absolute atomic E-state index is 12.8. The molecule has 1 atom stereocenters. The van der Waals surface area contributed by atoms with Crippen LogP contribution in [0.5, 0.6) is 0 Å². The van der Waals surface area contributed by atoms with Gasteiger partial charge in [-0.3, -0.25) is 9.48 Å². The fraction of sp³-hybridized carbons (Fsp3) is 0.600. The summed E-state index contributed by atoms with van der Waals surface area (Å²) in [5.74, 6) is -0.393. The van der Waals surface area contributed by atoms with Crippen LogP contribution in [-0.2, 0) is 17.3 Å². The second kappa shape index (κ2) is 5.36. The van der Waals surface area contributed by atoms with Gasteiger partial charge in [0.25, 0.3) is 5.91 Å². The Hall–Kier alpha value is -2.38. The van der Waals surface area contributed by atoms with Crippen LogP contribution in [0.3, 0.4) is 0 Å². The van der Waals surface area contributed by atoms with Gasteiger partial charge in [-0.2, -0.15) is 9.78 Å². The topological polar surface area (TPSA) is 86.2 Å². The quantitative estimate of drug-likeness (QED) is 0.831. The predicted octanol–water partition coefficient (Wildman–Crippen LogP) is 1.24. The number of nitrogens with zero attached hydrogens (tertiary/aromatic N) is 5. The average molecular weight is 319 g/mol. The number of hydrogen-bond donors (Lipinski definition) is 0. The summed E-state index contributed by atoms with van der Waals surface area (Å²) >= 11 is 0. The zero-order valence-electron chi connectivity index (χ0n) is 13.8. The monoisotopic (exact) mass is 319 g/mol. The molecular formula is C15H21N5O3. The zero-order valence-corrected chi connectivity index (χ0v) is 13.8. The molecule has 2 aromatic heterocycles. The molecule has 23 heavy (non-hydrogen) atoms. The van der Waals surface area contributed by atoms with Crippen molar-refractivity contribution >= 4 is 11.6 Å². The maximum Gasteiger partial charge on any atom is 0.437 e. The van der Waals surface area contributed by atoms with Crippen molar-refractivity contribution in [1.29, 1.82) is 0 Å². The van der Waals surface area contributed by atoms with Gasteiger partial charge in [0.05, 0.1) is 11.9 Å². The molecule has 1 saturated heterocycles. The van der Waals surface area contributed by atoms with Gasteiger partial charge in [-0.25, -0.2) is 4.79 Å². The molecule has 1 amide bonds. The second-order valence-corrected chi connectivity index (χ2v) is 6.89. The summed E-state index contributed by atoms with van der Waals surface area (Å²) in [6, 6.07) is -0.628. The van der Waals surface area contributed by atoms with Crippen LogP contribution in [0.1, 0.15) is 45.5 Å². The van der Waals surface area contributed by atoms with E-state index in [1.807, 2.05) is 20.8 Å². The molecule has 0 aromatic carbocycles. The molecule has 0 N–H and O–H groups in total. The van der Waals surface area contributed by atoms with Crippen LogP contribution >= 0.6 is 0 Å². The number of aromatic nitrogens is 4. The molecule has 1 fully saturated rings. The molecule has 8 heteroatoms. The van der Waals surface area contributed by atoms with Crippen molar-refractivity contribution in [3.8, 4) is 0 Å². The largest absolute Gasteiger partial charge is 0.437 e. The molecule has 0 aliphatic carbocycles. The minimum atomic E-state index is -0.628. The number of anilines is 1. The SMILES string of the molecule is Cn1cc(N2CCC[C@H](n3nc(C(C)(C)C)oc3=O)C2=O)cn1. The fourth-order valence-corrected chi connectivity index (χ4v) is 2.68. The van der Waals surface area contributed by atoms with E-state index in [2.05, 4.69) is 10.2 Å². The number of piperidine rings is 1. The summed E-state index contributed by atoms with van der Waals surface area (Å²) in [4.78, 5) is 26.6. The summed E-state index contributed by atoms with van der Waals surface area (Å²) in [6.45, 7) is 6.34. The standard InChI is InChI=1S/C15H21N5O3/c1-15(2,3)13-17-20(14(22)23-13)11-6-5-7-19(12(11)21)10-8-16-18(4)9-10/h8-9,11H,5-7H2,1-4H3/t11-/m0/s1. The maximum atomic E-state index is 12.8. The number of carbonyl (C=O) groups excluding carboxylic acids is 1. The summed E-state index contributed by atoms with van der Waals surface area (Å²) in [5, 5.41) is 8.36. The van der Waals surface area contributed by atoms with Crippen LogP contribution in [0, 0.1) is 0 Å². The van der Waals surface area contributed by atoms with E-state index in [0.717, 1.165) is 12.1 Å². The van der Waals surface area contributed by atoms with Gasteiger partial charge >= 0.3 is 5.76 Å². The van der Waals surface area contributed by atoms with E-state index in [-0.39, 0.29) is 11.3 Å². The van der Waals surface area contributed by atoms with E-state index in [1.165, 1.54) is 4.68 Å². The van der Waals surface area contributed by atoms with Gasteiger partial charge in [0.1, 0.15) is 6.04 Å². The molecule has 0 unspecified atom stereocenters. The first kappa shape index (κ1) is 15.5. The number of carbonyl (C=O) groups is 1. The van der Waals surface area contributed by atoms with Crippen LogP contribution < -0.4 is 10.7 Å². The molecule has 124 valence electrons. The van der Waals surface area contributed by atoms with E-state index in [1.54, 1.807) is 29.0 Å². The molecule has 0 radical (unpaired) electrons. The highest BCUT2D eigenvalue weighted by atomic mass is 16.4. The molecule has 1 aliphatic rings. The predicted molar refractivity (Wildman–Crippen MR) is 83.3 cm³/mol. The Labute approximate surface area is 133 Å². The van der Waals surface area contributed by atoms with Gasteiger partial charge in [0, 0.05) is 25.2 Å². The number of amides is 1.